The van der Waals surface area contributed by atoms with Crippen LogP contribution in [-0.2, 0) is 9.53 Å². The average Bonchev–Trinajstić information content (AvgIpc) is 2.89. The van der Waals surface area contributed by atoms with Crippen molar-refractivity contribution in [3.63, 3.8) is 0 Å². The van der Waals surface area contributed by atoms with Gasteiger partial charge in [-0.15, -0.1) is 0 Å². The normalized spacial score (nSPS) is 13.1. The number of hydrogen-bond donors (Lipinski definition) is 0. The fourth-order valence-corrected chi connectivity index (χ4v) is 1.88. The molecule has 1 heterocycles. The van der Waals surface area contributed by atoms with Gasteiger partial charge in [-0.25, -0.2) is 0 Å². The van der Waals surface area contributed by atoms with E-state index in [1.54, 1.807) is 18.2 Å². The third kappa shape index (κ3) is 4.20. The van der Waals surface area contributed by atoms with Crippen molar-refractivity contribution in [2.45, 2.75) is 19.8 Å². The van der Waals surface area contributed by atoms with Gasteiger partial charge in [0.05, 0.1) is 11.5 Å². The van der Waals surface area contributed by atoms with E-state index in [4.69, 9.17) is 14.2 Å². The molecule has 0 bridgehead atoms. The Balaban J connectivity index is 2.03. The lowest BCUT2D eigenvalue weighted by molar-refractivity contribution is -0.426. The van der Waals surface area contributed by atoms with Crippen molar-refractivity contribution >= 4 is 12.0 Å². The standard InChI is InChI=1S/C14H15NO6/c1-10(16)19-6-2-3-12(15(17)18)7-11-4-5-13-14(8-11)21-9-20-13/h4-5,7-8H,2-3,6,9H2,1H3. The molecule has 21 heavy (non-hydrogen) atoms. The topological polar surface area (TPSA) is 87.9 Å². The van der Waals surface area contributed by atoms with Gasteiger partial charge in [-0.2, -0.15) is 0 Å². The second-order valence-corrected chi connectivity index (χ2v) is 4.45. The highest BCUT2D eigenvalue weighted by Crippen LogP contribution is 2.33. The molecule has 1 aliphatic rings. The molecule has 112 valence electrons. The Bertz CT molecular complexity index is 581. The Morgan fingerprint density at radius 3 is 2.90 bits per heavy atom. The Morgan fingerprint density at radius 2 is 2.19 bits per heavy atom. The zero-order chi connectivity index (χ0) is 15.2. The zero-order valence-electron chi connectivity index (χ0n) is 11.5. The van der Waals surface area contributed by atoms with Gasteiger partial charge in [0.25, 0.3) is 0 Å². The molecule has 2 rings (SSSR count). The molecule has 0 radical (unpaired) electrons. The fourth-order valence-electron chi connectivity index (χ4n) is 1.88. The minimum atomic E-state index is -0.432. The molecule has 0 spiro atoms. The van der Waals surface area contributed by atoms with Gasteiger partial charge >= 0.3 is 5.97 Å². The SMILES string of the molecule is CC(=O)OCCCC(=Cc1ccc2c(c1)OCO2)[N+](=O)[O-]. The second-order valence-electron chi connectivity index (χ2n) is 4.45. The molecule has 0 unspecified atom stereocenters. The van der Waals surface area contributed by atoms with Gasteiger partial charge in [0.1, 0.15) is 0 Å². The third-order valence-electron chi connectivity index (χ3n) is 2.85. The quantitative estimate of drug-likeness (QED) is 0.346. The summed E-state index contributed by atoms with van der Waals surface area (Å²) in [5, 5.41) is 11.0. The number of benzene rings is 1. The van der Waals surface area contributed by atoms with E-state index in [1.165, 1.54) is 13.0 Å². The van der Waals surface area contributed by atoms with Crippen LogP contribution in [-0.4, -0.2) is 24.3 Å². The molecule has 0 amide bonds. The summed E-state index contributed by atoms with van der Waals surface area (Å²) in [6.07, 6.45) is 2.10. The first-order valence-electron chi connectivity index (χ1n) is 6.44. The average molecular weight is 293 g/mol. The molecule has 0 saturated heterocycles. The molecule has 1 aromatic carbocycles. The van der Waals surface area contributed by atoms with Gasteiger partial charge in [-0.05, 0) is 24.1 Å². The number of rotatable bonds is 6. The predicted octanol–water partition coefficient (Wildman–Crippen LogP) is 2.38. The lowest BCUT2D eigenvalue weighted by atomic mass is 10.1. The van der Waals surface area contributed by atoms with E-state index in [0.717, 1.165) is 0 Å². The minimum absolute atomic E-state index is 0.0565. The highest BCUT2D eigenvalue weighted by atomic mass is 16.7. The van der Waals surface area contributed by atoms with Crippen molar-refractivity contribution in [2.75, 3.05) is 13.4 Å². The van der Waals surface area contributed by atoms with Crippen LogP contribution in [0.1, 0.15) is 25.3 Å². The number of fused-ring (bicyclic) bond motifs is 1. The number of carbonyl (C=O) groups is 1. The van der Waals surface area contributed by atoms with Crippen LogP contribution in [0.25, 0.3) is 6.08 Å². The molecule has 0 saturated carbocycles. The van der Waals surface area contributed by atoms with Gasteiger partial charge in [0.2, 0.25) is 12.5 Å². The van der Waals surface area contributed by atoms with Gasteiger partial charge in [-0.3, -0.25) is 14.9 Å². The lowest BCUT2D eigenvalue weighted by Gasteiger charge is -2.02. The maximum atomic E-state index is 11.0. The van der Waals surface area contributed by atoms with Gasteiger partial charge in [0, 0.05) is 19.4 Å². The van der Waals surface area contributed by atoms with Crippen LogP contribution in [0, 0.1) is 10.1 Å². The first-order chi connectivity index (χ1) is 10.1. The van der Waals surface area contributed by atoms with Crippen molar-refractivity contribution in [1.82, 2.24) is 0 Å². The number of esters is 1. The van der Waals surface area contributed by atoms with Crippen LogP contribution >= 0.6 is 0 Å². The van der Waals surface area contributed by atoms with E-state index < -0.39 is 10.9 Å². The van der Waals surface area contributed by atoms with Crippen molar-refractivity contribution in [3.8, 4) is 11.5 Å². The maximum absolute atomic E-state index is 11.0. The van der Waals surface area contributed by atoms with Crippen LogP contribution in [0.2, 0.25) is 0 Å². The summed E-state index contributed by atoms with van der Waals surface area (Å²) in [5.74, 6) is 0.813. The van der Waals surface area contributed by atoms with E-state index >= 15 is 0 Å². The van der Waals surface area contributed by atoms with Gasteiger partial charge in [0.15, 0.2) is 11.5 Å². The maximum Gasteiger partial charge on any atom is 0.302 e. The monoisotopic (exact) mass is 293 g/mol. The molecule has 0 atom stereocenters. The van der Waals surface area contributed by atoms with Crippen LogP contribution in [0.15, 0.2) is 23.9 Å². The van der Waals surface area contributed by atoms with E-state index in [-0.39, 0.29) is 25.5 Å². The van der Waals surface area contributed by atoms with E-state index in [0.29, 0.717) is 23.5 Å². The van der Waals surface area contributed by atoms with Crippen molar-refractivity contribution < 1.29 is 23.9 Å². The number of ether oxygens (including phenoxy) is 3. The Labute approximate surface area is 121 Å². The van der Waals surface area contributed by atoms with Crippen molar-refractivity contribution in [3.05, 3.63) is 39.6 Å². The summed E-state index contributed by atoms with van der Waals surface area (Å²) in [7, 11) is 0. The largest absolute Gasteiger partial charge is 0.466 e. The molecule has 1 aromatic rings. The van der Waals surface area contributed by atoms with Gasteiger partial charge in [-0.1, -0.05) is 6.07 Å². The molecular weight excluding hydrogens is 278 g/mol. The van der Waals surface area contributed by atoms with E-state index in [2.05, 4.69) is 0 Å². The smallest absolute Gasteiger partial charge is 0.302 e. The number of carbonyl (C=O) groups excluding carboxylic acids is 1. The Morgan fingerprint density at radius 1 is 1.43 bits per heavy atom. The summed E-state index contributed by atoms with van der Waals surface area (Å²) in [6, 6.07) is 5.13. The van der Waals surface area contributed by atoms with E-state index in [9.17, 15) is 14.9 Å². The van der Waals surface area contributed by atoms with Crippen LogP contribution in [0.5, 0.6) is 11.5 Å². The van der Waals surface area contributed by atoms with Gasteiger partial charge < -0.3 is 14.2 Å². The van der Waals surface area contributed by atoms with Crippen LogP contribution < -0.4 is 9.47 Å². The first-order valence-corrected chi connectivity index (χ1v) is 6.44. The number of nitro groups is 1. The Hall–Kier alpha value is -2.57. The molecule has 1 aliphatic heterocycles. The molecule has 7 nitrogen and oxygen atoms in total. The summed E-state index contributed by atoms with van der Waals surface area (Å²) in [6.45, 7) is 1.63. The summed E-state index contributed by atoms with van der Waals surface area (Å²) >= 11 is 0. The summed E-state index contributed by atoms with van der Waals surface area (Å²) in [5.41, 5.74) is 0.722. The summed E-state index contributed by atoms with van der Waals surface area (Å²) in [4.78, 5) is 21.2. The number of allylic oxidation sites excluding steroid dienone is 1. The molecule has 0 aliphatic carbocycles. The fraction of sp³-hybridized carbons (Fsp3) is 0.357. The first kappa shape index (κ1) is 14.8. The van der Waals surface area contributed by atoms with Crippen LogP contribution in [0.4, 0.5) is 0 Å². The zero-order valence-corrected chi connectivity index (χ0v) is 11.5. The molecule has 0 aromatic heterocycles. The molecule has 0 N–H and O–H groups in total. The van der Waals surface area contributed by atoms with E-state index in [1.807, 2.05) is 0 Å². The second kappa shape index (κ2) is 6.74. The molecular formula is C14H15NO6. The van der Waals surface area contributed by atoms with Crippen molar-refractivity contribution in [1.29, 1.82) is 0 Å². The lowest BCUT2D eigenvalue weighted by Crippen LogP contribution is -2.04. The van der Waals surface area contributed by atoms with Crippen molar-refractivity contribution in [2.24, 2.45) is 0 Å². The predicted molar refractivity (Wildman–Crippen MR) is 73.4 cm³/mol. The Kier molecular flexibility index (Phi) is 4.76. The third-order valence-corrected chi connectivity index (χ3v) is 2.85. The molecule has 0 fully saturated rings. The highest BCUT2D eigenvalue weighted by Gasteiger charge is 2.15. The van der Waals surface area contributed by atoms with Crippen LogP contribution in [0.3, 0.4) is 0 Å². The summed E-state index contributed by atoms with van der Waals surface area (Å²) < 4.78 is 15.2. The number of nitrogens with zero attached hydrogens (tertiary/aromatic N) is 1. The highest BCUT2D eigenvalue weighted by molar-refractivity contribution is 5.65. The molecule has 7 heteroatoms. The minimum Gasteiger partial charge on any atom is -0.466 e. The number of hydrogen-bond acceptors (Lipinski definition) is 6.